The Morgan fingerprint density at radius 3 is 1.59 bits per heavy atom. The van der Waals surface area contributed by atoms with Crippen LogP contribution in [0.1, 0.15) is 51.0 Å². The fourth-order valence-corrected chi connectivity index (χ4v) is 5.18. The molecule has 0 radical (unpaired) electrons. The minimum absolute atomic E-state index is 0.00953. The molecule has 0 saturated carbocycles. The van der Waals surface area contributed by atoms with Gasteiger partial charge in [-0.1, -0.05) is 30.3 Å². The van der Waals surface area contributed by atoms with Gasteiger partial charge in [0.2, 0.25) is 53.2 Å². The van der Waals surface area contributed by atoms with E-state index in [-0.39, 0.29) is 25.8 Å². The zero-order valence-electron chi connectivity index (χ0n) is 32.4. The third-order valence-corrected chi connectivity index (χ3v) is 8.42. The number of aliphatic hydroxyl groups excluding tert-OH is 2. The Balaban J connectivity index is 3.16. The van der Waals surface area contributed by atoms with Crippen LogP contribution in [-0.2, 0) is 54.4 Å². The Bertz CT molecular complexity index is 1630. The molecule has 0 bridgehead atoms. The average Bonchev–Trinajstić information content (AvgIpc) is 3.18. The number of nitrogens with one attached hydrogen (secondary N) is 7. The SMILES string of the molecule is C[C@H](NC(=O)[C@H](CO)NC(=O)[C@H](Cc1ccccc1)NC(=O)CN)C(=O)N[C@@H](CCCCN)C(=O)N[C@@H](CC(N)=O)C(=O)N[C@@H](CCC(N)=O)C(=O)N[C@@H](CO)C(=O)O. The van der Waals surface area contributed by atoms with Crippen molar-refractivity contribution in [3.8, 4) is 0 Å². The number of hydrogen-bond donors (Lipinski definition) is 14. The lowest BCUT2D eigenvalue weighted by atomic mass is 10.0. The second kappa shape index (κ2) is 26.6. The summed E-state index contributed by atoms with van der Waals surface area (Å²) in [5, 5.41) is 44.4. The number of carboxylic acids is 1. The first kappa shape index (κ1) is 50.8. The fourth-order valence-electron chi connectivity index (χ4n) is 5.18. The molecule has 0 saturated heterocycles. The average molecular weight is 838 g/mol. The van der Waals surface area contributed by atoms with E-state index in [0.717, 1.165) is 0 Å². The van der Waals surface area contributed by atoms with E-state index in [4.69, 9.17) is 22.9 Å². The van der Waals surface area contributed by atoms with Gasteiger partial charge in [0, 0.05) is 12.8 Å². The van der Waals surface area contributed by atoms with E-state index in [2.05, 4.69) is 31.9 Å². The lowest BCUT2D eigenvalue weighted by molar-refractivity contribution is -0.143. The van der Waals surface area contributed by atoms with Crippen molar-refractivity contribution in [3.05, 3.63) is 35.9 Å². The third-order valence-electron chi connectivity index (χ3n) is 8.42. The number of primary amides is 2. The van der Waals surface area contributed by atoms with Gasteiger partial charge in [0.05, 0.1) is 26.2 Å². The minimum atomic E-state index is -1.79. The van der Waals surface area contributed by atoms with Gasteiger partial charge in [-0.25, -0.2) is 4.79 Å². The summed E-state index contributed by atoms with van der Waals surface area (Å²) in [6, 6.07) is -2.27. The molecule has 9 amide bonds. The van der Waals surface area contributed by atoms with E-state index in [1.54, 1.807) is 30.3 Å². The molecule has 7 atom stereocenters. The molecule has 24 nitrogen and oxygen atoms in total. The molecule has 0 heterocycles. The Morgan fingerprint density at radius 2 is 1.07 bits per heavy atom. The summed E-state index contributed by atoms with van der Waals surface area (Å²) < 4.78 is 0. The van der Waals surface area contributed by atoms with Gasteiger partial charge in [-0.2, -0.15) is 0 Å². The lowest BCUT2D eigenvalue weighted by Crippen LogP contribution is -2.60. The van der Waals surface area contributed by atoms with Gasteiger partial charge < -0.3 is 75.5 Å². The van der Waals surface area contributed by atoms with Gasteiger partial charge in [-0.3, -0.25) is 43.2 Å². The molecule has 59 heavy (non-hydrogen) atoms. The molecule has 0 unspecified atom stereocenters. The summed E-state index contributed by atoms with van der Waals surface area (Å²) >= 11 is 0. The van der Waals surface area contributed by atoms with Crippen molar-refractivity contribution in [2.24, 2.45) is 22.9 Å². The van der Waals surface area contributed by atoms with Gasteiger partial charge in [-0.05, 0) is 44.7 Å². The second-order valence-corrected chi connectivity index (χ2v) is 13.2. The van der Waals surface area contributed by atoms with E-state index in [1.807, 2.05) is 5.32 Å². The van der Waals surface area contributed by atoms with Crippen molar-refractivity contribution < 1.29 is 63.3 Å². The summed E-state index contributed by atoms with van der Waals surface area (Å²) in [7, 11) is 0. The number of aliphatic hydroxyl groups is 2. The highest BCUT2D eigenvalue weighted by molar-refractivity contribution is 5.98. The number of rotatable bonds is 28. The highest BCUT2D eigenvalue weighted by Gasteiger charge is 2.34. The molecule has 0 aliphatic heterocycles. The van der Waals surface area contributed by atoms with Gasteiger partial charge in [0.1, 0.15) is 42.3 Å². The van der Waals surface area contributed by atoms with Crippen molar-refractivity contribution >= 4 is 59.1 Å². The molecule has 328 valence electrons. The molecule has 1 aromatic rings. The van der Waals surface area contributed by atoms with Crippen molar-refractivity contribution in [1.29, 1.82) is 0 Å². The summed E-state index contributed by atoms with van der Waals surface area (Å²) in [5.74, 6) is -10.4. The van der Waals surface area contributed by atoms with Crippen molar-refractivity contribution in [2.75, 3.05) is 26.3 Å². The number of aliphatic carboxylic acids is 1. The largest absolute Gasteiger partial charge is 0.480 e. The van der Waals surface area contributed by atoms with Gasteiger partial charge in [0.15, 0.2) is 0 Å². The van der Waals surface area contributed by atoms with Crippen LogP contribution in [0.15, 0.2) is 30.3 Å². The molecular weight excluding hydrogens is 782 g/mol. The molecule has 24 heteroatoms. The van der Waals surface area contributed by atoms with Crippen LogP contribution >= 0.6 is 0 Å². The monoisotopic (exact) mass is 837 g/mol. The van der Waals surface area contributed by atoms with Crippen molar-refractivity contribution in [1.82, 2.24) is 37.2 Å². The van der Waals surface area contributed by atoms with Crippen LogP contribution in [0.25, 0.3) is 0 Å². The minimum Gasteiger partial charge on any atom is -0.480 e. The number of carboxylic acid groups (broad SMARTS) is 1. The summed E-state index contributed by atoms with van der Waals surface area (Å²) in [6.07, 6.45) is -1.18. The number of unbranched alkanes of at least 4 members (excludes halogenated alkanes) is 1. The van der Waals surface area contributed by atoms with Crippen LogP contribution in [0.3, 0.4) is 0 Å². The topological polar surface area (TPSA) is 420 Å². The quantitative estimate of drug-likeness (QED) is 0.0349. The summed E-state index contributed by atoms with van der Waals surface area (Å²) in [4.78, 5) is 126. The Kier molecular flexibility index (Phi) is 22.9. The number of hydrogen-bond acceptors (Lipinski definition) is 14. The summed E-state index contributed by atoms with van der Waals surface area (Å²) in [6.45, 7) is -0.952. The first-order valence-corrected chi connectivity index (χ1v) is 18.4. The Hall–Kier alpha value is -6.24. The fraction of sp³-hybridized carbons (Fsp3) is 0.543. The first-order chi connectivity index (χ1) is 27.9. The smallest absolute Gasteiger partial charge is 0.328 e. The van der Waals surface area contributed by atoms with Crippen LogP contribution in [0, 0.1) is 0 Å². The standard InChI is InChI=1S/C35H55N11O13/c1-18(40-34(57)24(16-47)45-32(55)22(41-28(51)15-37)13-19-7-3-2-4-8-19)29(52)42-20(9-5-6-12-36)30(53)44-23(14-27(39)50)33(56)43-21(10-11-26(38)49)31(54)46-25(17-48)35(58)59/h2-4,7-8,18,20-25,47-48H,5-6,9-17,36-37H2,1H3,(H2,38,49)(H2,39,50)(H,40,57)(H,41,51)(H,42,52)(H,43,56)(H,44,53)(H,45,55)(H,46,54)(H,58,59)/t18-,20-,21-,22-,23-,24-,25-/m0/s1. The zero-order chi connectivity index (χ0) is 44.7. The van der Waals surface area contributed by atoms with Crippen molar-refractivity contribution in [3.63, 3.8) is 0 Å². The molecule has 0 aliphatic rings. The maximum Gasteiger partial charge on any atom is 0.328 e. The Morgan fingerprint density at radius 1 is 0.576 bits per heavy atom. The lowest BCUT2D eigenvalue weighted by Gasteiger charge is -2.26. The zero-order valence-corrected chi connectivity index (χ0v) is 32.4. The van der Waals surface area contributed by atoms with E-state index < -0.39 is 140 Å². The summed E-state index contributed by atoms with van der Waals surface area (Å²) in [5.41, 5.74) is 22.1. The maximum atomic E-state index is 13.5. The Labute approximate surface area is 338 Å². The van der Waals surface area contributed by atoms with E-state index >= 15 is 0 Å². The molecule has 0 fully saturated rings. The van der Waals surface area contributed by atoms with E-state index in [9.17, 15) is 63.3 Å². The van der Waals surface area contributed by atoms with Crippen LogP contribution in [0.4, 0.5) is 0 Å². The number of nitrogens with two attached hydrogens (primary N) is 4. The van der Waals surface area contributed by atoms with Crippen LogP contribution in [-0.4, -0.2) is 143 Å². The maximum absolute atomic E-state index is 13.5. The number of benzene rings is 1. The van der Waals surface area contributed by atoms with Crippen molar-refractivity contribution in [2.45, 2.75) is 94.2 Å². The number of carbonyl (C=O) groups is 10. The third kappa shape index (κ3) is 19.2. The first-order valence-electron chi connectivity index (χ1n) is 18.4. The molecular formula is C35H55N11O13. The highest BCUT2D eigenvalue weighted by atomic mass is 16.4. The molecule has 18 N–H and O–H groups in total. The predicted molar refractivity (Wildman–Crippen MR) is 205 cm³/mol. The molecule has 1 rings (SSSR count). The molecule has 0 aliphatic carbocycles. The number of amides is 9. The van der Waals surface area contributed by atoms with E-state index in [1.165, 1.54) is 6.92 Å². The molecule has 0 aromatic heterocycles. The molecule has 0 spiro atoms. The van der Waals surface area contributed by atoms with Crippen LogP contribution < -0.4 is 60.2 Å². The predicted octanol–water partition coefficient (Wildman–Crippen LogP) is -7.06. The number of carbonyl (C=O) groups excluding carboxylic acids is 9. The molecule has 1 aromatic carbocycles. The normalized spacial score (nSPS) is 14.3. The van der Waals surface area contributed by atoms with Gasteiger partial charge in [0.25, 0.3) is 0 Å². The van der Waals surface area contributed by atoms with Gasteiger partial charge >= 0.3 is 5.97 Å². The highest BCUT2D eigenvalue weighted by Crippen LogP contribution is 2.07. The second-order valence-electron chi connectivity index (χ2n) is 13.2. The van der Waals surface area contributed by atoms with Crippen LogP contribution in [0.5, 0.6) is 0 Å². The van der Waals surface area contributed by atoms with Crippen LogP contribution in [0.2, 0.25) is 0 Å². The van der Waals surface area contributed by atoms with E-state index in [0.29, 0.717) is 12.0 Å². The van der Waals surface area contributed by atoms with Gasteiger partial charge in [-0.15, -0.1) is 0 Å².